The number of rotatable bonds is 5. The van der Waals surface area contributed by atoms with Crippen LogP contribution in [0.1, 0.15) is 32.5 Å². The van der Waals surface area contributed by atoms with Crippen molar-refractivity contribution in [3.05, 3.63) is 5.82 Å². The number of halogens is 1. The van der Waals surface area contributed by atoms with Gasteiger partial charge in [0.1, 0.15) is 0 Å². The average Bonchev–Trinajstić information content (AvgIpc) is 2.51. The van der Waals surface area contributed by atoms with Crippen LogP contribution < -0.4 is 0 Å². The minimum Gasteiger partial charge on any atom is -0.228 e. The first kappa shape index (κ1) is 10.4. The Balaban J connectivity index is 2.36. The molecule has 1 aromatic rings. The van der Waals surface area contributed by atoms with Crippen LogP contribution in [0.4, 0.5) is 0 Å². The molecule has 0 aliphatic carbocycles. The highest BCUT2D eigenvalue weighted by molar-refractivity contribution is 6.16. The van der Waals surface area contributed by atoms with Crippen LogP contribution >= 0.6 is 11.6 Å². The van der Waals surface area contributed by atoms with Crippen LogP contribution in [-0.2, 0) is 12.4 Å². The normalized spacial score (nSPS) is 11.1. The predicted molar refractivity (Wildman–Crippen MR) is 51.4 cm³/mol. The van der Waals surface area contributed by atoms with E-state index in [0.29, 0.717) is 5.88 Å². The predicted octanol–water partition coefficient (Wildman–Crippen LogP) is 1.85. The molecule has 1 rings (SSSR count). The Morgan fingerprint density at radius 2 is 2.23 bits per heavy atom. The van der Waals surface area contributed by atoms with E-state index in [4.69, 9.17) is 11.6 Å². The summed E-state index contributed by atoms with van der Waals surface area (Å²) in [5, 5.41) is 11.2. The van der Waals surface area contributed by atoms with Crippen molar-refractivity contribution < 1.29 is 0 Å². The number of alkyl halides is 1. The quantitative estimate of drug-likeness (QED) is 0.685. The lowest BCUT2D eigenvalue weighted by Gasteiger charge is -2.04. The second kappa shape index (κ2) is 5.17. The smallest absolute Gasteiger partial charge is 0.165 e. The number of aryl methyl sites for hydroxylation is 1. The highest BCUT2D eigenvalue weighted by Crippen LogP contribution is 2.06. The molecule has 0 atom stereocenters. The monoisotopic (exact) mass is 202 g/mol. The average molecular weight is 203 g/mol. The largest absolute Gasteiger partial charge is 0.228 e. The minimum atomic E-state index is 0.384. The van der Waals surface area contributed by atoms with Gasteiger partial charge in [-0.1, -0.05) is 13.8 Å². The van der Waals surface area contributed by atoms with Gasteiger partial charge in [-0.25, -0.2) is 4.68 Å². The molecule has 4 nitrogen and oxygen atoms in total. The van der Waals surface area contributed by atoms with Crippen molar-refractivity contribution in [2.45, 2.75) is 39.1 Å². The van der Waals surface area contributed by atoms with Crippen molar-refractivity contribution in [1.29, 1.82) is 0 Å². The van der Waals surface area contributed by atoms with Gasteiger partial charge in [0.25, 0.3) is 0 Å². The zero-order valence-corrected chi connectivity index (χ0v) is 8.83. The Morgan fingerprint density at radius 1 is 1.46 bits per heavy atom. The summed E-state index contributed by atoms with van der Waals surface area (Å²) in [6.45, 7) is 5.29. The Bertz CT molecular complexity index is 246. The molecule has 0 radical (unpaired) electrons. The number of hydrogen-bond acceptors (Lipinski definition) is 3. The first-order valence-electron chi connectivity index (χ1n) is 4.55. The summed E-state index contributed by atoms with van der Waals surface area (Å²) in [5.74, 6) is 1.87. The summed E-state index contributed by atoms with van der Waals surface area (Å²) < 4.78 is 1.77. The molecule has 0 fully saturated rings. The van der Waals surface area contributed by atoms with E-state index in [0.717, 1.165) is 24.7 Å². The van der Waals surface area contributed by atoms with Crippen LogP contribution in [0.2, 0.25) is 0 Å². The van der Waals surface area contributed by atoms with E-state index in [-0.39, 0.29) is 0 Å². The summed E-state index contributed by atoms with van der Waals surface area (Å²) >= 11 is 5.65. The topological polar surface area (TPSA) is 43.6 Å². The van der Waals surface area contributed by atoms with Gasteiger partial charge in [-0.15, -0.1) is 16.7 Å². The molecule has 0 spiro atoms. The lowest BCUT2D eigenvalue weighted by atomic mass is 10.1. The second-order valence-electron chi connectivity index (χ2n) is 3.49. The molecule has 5 heteroatoms. The first-order valence-corrected chi connectivity index (χ1v) is 5.08. The van der Waals surface area contributed by atoms with Gasteiger partial charge >= 0.3 is 0 Å². The Morgan fingerprint density at radius 3 is 2.85 bits per heavy atom. The van der Waals surface area contributed by atoms with Crippen LogP contribution in [0.3, 0.4) is 0 Å². The van der Waals surface area contributed by atoms with Crippen molar-refractivity contribution in [2.75, 3.05) is 0 Å². The molecule has 0 aliphatic heterocycles. The highest BCUT2D eigenvalue weighted by atomic mass is 35.5. The third-order valence-corrected chi connectivity index (χ3v) is 2.12. The fraction of sp³-hybridized carbons (Fsp3) is 0.875. The minimum absolute atomic E-state index is 0.384. The third kappa shape index (κ3) is 3.30. The number of hydrogen-bond donors (Lipinski definition) is 0. The van der Waals surface area contributed by atoms with Gasteiger partial charge in [0.05, 0.1) is 5.88 Å². The molecule has 0 aliphatic rings. The molecule has 0 unspecified atom stereocenters. The lowest BCUT2D eigenvalue weighted by Crippen LogP contribution is -2.05. The Kier molecular flexibility index (Phi) is 4.15. The number of aromatic nitrogens is 4. The van der Waals surface area contributed by atoms with Crippen LogP contribution in [-0.4, -0.2) is 20.2 Å². The number of tetrazole rings is 1. The van der Waals surface area contributed by atoms with E-state index in [1.165, 1.54) is 6.42 Å². The maximum absolute atomic E-state index is 5.65. The second-order valence-corrected chi connectivity index (χ2v) is 3.76. The molecule has 13 heavy (non-hydrogen) atoms. The van der Waals surface area contributed by atoms with E-state index < -0.39 is 0 Å². The molecule has 1 heterocycles. The Labute approximate surface area is 83.3 Å². The van der Waals surface area contributed by atoms with E-state index >= 15 is 0 Å². The van der Waals surface area contributed by atoms with Crippen LogP contribution in [0, 0.1) is 5.92 Å². The third-order valence-electron chi connectivity index (χ3n) is 1.88. The van der Waals surface area contributed by atoms with Crippen molar-refractivity contribution in [3.8, 4) is 0 Å². The number of nitrogens with zero attached hydrogens (tertiary/aromatic N) is 4. The van der Waals surface area contributed by atoms with Gasteiger partial charge in [0, 0.05) is 6.54 Å². The van der Waals surface area contributed by atoms with Crippen molar-refractivity contribution in [3.63, 3.8) is 0 Å². The van der Waals surface area contributed by atoms with Crippen LogP contribution in [0.5, 0.6) is 0 Å². The standard InChI is InChI=1S/C8H15ClN4/c1-7(2)4-3-5-13-8(6-9)10-11-12-13/h7H,3-6H2,1-2H3. The van der Waals surface area contributed by atoms with Gasteiger partial charge in [-0.2, -0.15) is 0 Å². The first-order chi connectivity index (χ1) is 6.24. The molecule has 74 valence electrons. The Hall–Kier alpha value is -0.640. The van der Waals surface area contributed by atoms with Gasteiger partial charge in [-0.05, 0) is 29.2 Å². The lowest BCUT2D eigenvalue weighted by molar-refractivity contribution is 0.476. The maximum Gasteiger partial charge on any atom is 0.165 e. The van der Waals surface area contributed by atoms with Crippen LogP contribution in [0.15, 0.2) is 0 Å². The summed E-state index contributed by atoms with van der Waals surface area (Å²) in [4.78, 5) is 0. The van der Waals surface area contributed by atoms with Crippen molar-refractivity contribution in [1.82, 2.24) is 20.2 Å². The molecule has 0 bridgehead atoms. The van der Waals surface area contributed by atoms with Crippen LogP contribution in [0.25, 0.3) is 0 Å². The molecule has 0 aromatic carbocycles. The zero-order chi connectivity index (χ0) is 9.68. The summed E-state index contributed by atoms with van der Waals surface area (Å²) in [6, 6.07) is 0. The fourth-order valence-corrected chi connectivity index (χ4v) is 1.33. The molecule has 0 N–H and O–H groups in total. The summed E-state index contributed by atoms with van der Waals surface area (Å²) in [5.41, 5.74) is 0. The van der Waals surface area contributed by atoms with E-state index in [1.54, 1.807) is 4.68 Å². The zero-order valence-electron chi connectivity index (χ0n) is 8.07. The van der Waals surface area contributed by atoms with Gasteiger partial charge in [0.2, 0.25) is 0 Å². The van der Waals surface area contributed by atoms with E-state index in [2.05, 4.69) is 29.4 Å². The van der Waals surface area contributed by atoms with E-state index in [1.807, 2.05) is 0 Å². The molecular weight excluding hydrogens is 188 g/mol. The molecule has 0 saturated heterocycles. The van der Waals surface area contributed by atoms with Gasteiger partial charge < -0.3 is 0 Å². The van der Waals surface area contributed by atoms with Crippen molar-refractivity contribution in [2.24, 2.45) is 5.92 Å². The molecular formula is C8H15ClN4. The van der Waals surface area contributed by atoms with Gasteiger partial charge in [-0.3, -0.25) is 0 Å². The van der Waals surface area contributed by atoms with E-state index in [9.17, 15) is 0 Å². The summed E-state index contributed by atoms with van der Waals surface area (Å²) in [7, 11) is 0. The van der Waals surface area contributed by atoms with Gasteiger partial charge in [0.15, 0.2) is 5.82 Å². The maximum atomic E-state index is 5.65. The molecule has 0 saturated carbocycles. The molecule has 1 aromatic heterocycles. The summed E-state index contributed by atoms with van der Waals surface area (Å²) in [6.07, 6.45) is 2.30. The fourth-order valence-electron chi connectivity index (χ4n) is 1.14. The van der Waals surface area contributed by atoms with Crippen molar-refractivity contribution >= 4 is 11.6 Å². The molecule has 0 amide bonds. The SMILES string of the molecule is CC(C)CCCn1nnnc1CCl. The highest BCUT2D eigenvalue weighted by Gasteiger charge is 2.03.